The lowest BCUT2D eigenvalue weighted by Gasteiger charge is -2.39. The van der Waals surface area contributed by atoms with E-state index in [-0.39, 0.29) is 86.6 Å². The second-order valence-corrected chi connectivity index (χ2v) is 12.4. The molecule has 2 atom stereocenters. The van der Waals surface area contributed by atoms with Gasteiger partial charge in [0.25, 0.3) is 5.91 Å². The van der Waals surface area contributed by atoms with E-state index in [9.17, 15) is 23.2 Å². The van der Waals surface area contributed by atoms with Crippen molar-refractivity contribution < 1.29 is 47.2 Å². The molecule has 1 saturated heterocycles. The summed E-state index contributed by atoms with van der Waals surface area (Å²) in [4.78, 5) is 43.6. The smallest absolute Gasteiger partial charge is 0.270 e. The molecule has 0 radical (unpaired) electrons. The van der Waals surface area contributed by atoms with Gasteiger partial charge in [-0.05, 0) is 38.8 Å². The van der Waals surface area contributed by atoms with E-state index in [1.165, 1.54) is 10.6 Å². The van der Waals surface area contributed by atoms with Crippen LogP contribution in [-0.4, -0.2) is 135 Å². The van der Waals surface area contributed by atoms with Crippen LogP contribution in [0.4, 0.5) is 8.78 Å². The molecule has 0 bridgehead atoms. The fourth-order valence-electron chi connectivity index (χ4n) is 6.29. The van der Waals surface area contributed by atoms with Crippen molar-refractivity contribution in [2.45, 2.75) is 51.1 Å². The molecule has 3 amide bonds. The first-order chi connectivity index (χ1) is 23.7. The summed E-state index contributed by atoms with van der Waals surface area (Å²) in [5.74, 6) is -3.17. The summed E-state index contributed by atoms with van der Waals surface area (Å²) in [5.41, 5.74) is 0.528. The number of hydrogen-bond donors (Lipinski definition) is 3. The van der Waals surface area contributed by atoms with Crippen LogP contribution in [0.15, 0.2) is 12.1 Å². The van der Waals surface area contributed by atoms with E-state index in [1.54, 1.807) is 30.8 Å². The predicted molar refractivity (Wildman–Crippen MR) is 177 cm³/mol. The normalized spacial score (nSPS) is 16.9. The maximum absolute atomic E-state index is 14.9. The van der Waals surface area contributed by atoms with Gasteiger partial charge in [-0.3, -0.25) is 14.4 Å². The molecule has 2 heterocycles. The molecule has 13 nitrogen and oxygen atoms in total. The van der Waals surface area contributed by atoms with E-state index in [4.69, 9.17) is 24.1 Å². The van der Waals surface area contributed by atoms with Gasteiger partial charge in [0, 0.05) is 44.7 Å². The number of aromatic nitrogens is 1. The minimum atomic E-state index is -1.15. The molecule has 1 aromatic heterocycles. The standard InChI is InChI=1S/C34H51F2N5O8/c1-23(37-2)32(43)38-30(24-7-5-4-6-8-24)34(45)41-11-9-40(10-12-41)33(44)28-21-25-27(39(28)3)22-26(35)29(36)31(25)49-20-19-48-18-17-47-16-15-46-14-13-42/h21-24,30,37,42H,4-20H2,1-3H3,(H,38,43). The second kappa shape index (κ2) is 19.1. The Kier molecular flexibility index (Phi) is 15.0. The summed E-state index contributed by atoms with van der Waals surface area (Å²) in [6, 6.07) is 1.49. The number of aliphatic hydroxyl groups excluding tert-OH is 1. The zero-order valence-electron chi connectivity index (χ0n) is 28.8. The molecule has 0 spiro atoms. The van der Waals surface area contributed by atoms with Gasteiger partial charge in [-0.1, -0.05) is 19.3 Å². The number of aliphatic hydroxyl groups is 1. The van der Waals surface area contributed by atoms with Gasteiger partial charge in [0.1, 0.15) is 18.3 Å². The number of halogens is 2. The van der Waals surface area contributed by atoms with E-state index in [0.29, 0.717) is 38.4 Å². The van der Waals surface area contributed by atoms with E-state index < -0.39 is 23.7 Å². The van der Waals surface area contributed by atoms with Gasteiger partial charge < -0.3 is 49.1 Å². The van der Waals surface area contributed by atoms with E-state index in [0.717, 1.165) is 38.2 Å². The Morgan fingerprint density at radius 3 is 2.10 bits per heavy atom. The molecule has 15 heteroatoms. The molecular weight excluding hydrogens is 644 g/mol. The minimum absolute atomic E-state index is 0.0513. The van der Waals surface area contributed by atoms with Crippen LogP contribution >= 0.6 is 0 Å². The number of ether oxygens (including phenoxy) is 4. The lowest BCUT2D eigenvalue weighted by Crippen LogP contribution is -2.59. The number of nitrogens with one attached hydrogen (secondary N) is 2. The number of aryl methyl sites for hydroxylation is 1. The summed E-state index contributed by atoms with van der Waals surface area (Å²) in [7, 11) is 3.31. The van der Waals surface area contributed by atoms with Crippen LogP contribution in [0.3, 0.4) is 0 Å². The Morgan fingerprint density at radius 1 is 0.898 bits per heavy atom. The highest BCUT2D eigenvalue weighted by molar-refractivity contribution is 6.00. The molecule has 1 saturated carbocycles. The molecule has 274 valence electrons. The first kappa shape index (κ1) is 38.4. The van der Waals surface area contributed by atoms with Crippen LogP contribution in [0, 0.1) is 17.6 Å². The lowest BCUT2D eigenvalue weighted by atomic mass is 9.83. The number of piperazine rings is 1. The Bertz CT molecular complexity index is 1390. The Balaban J connectivity index is 1.35. The number of amides is 3. The maximum Gasteiger partial charge on any atom is 0.270 e. The van der Waals surface area contributed by atoms with Crippen LogP contribution in [-0.2, 0) is 30.8 Å². The number of fused-ring (bicyclic) bond motifs is 1. The SMILES string of the molecule is CNC(C)C(=O)NC(C(=O)N1CCN(C(=O)c2cc3c(OCCOCCOCCOCCO)c(F)c(F)cc3n2C)CC1)C1CCCCC1. The summed E-state index contributed by atoms with van der Waals surface area (Å²) in [6.07, 6.45) is 4.92. The summed E-state index contributed by atoms with van der Waals surface area (Å²) in [6.45, 7) is 4.42. The Labute approximate surface area is 286 Å². The van der Waals surface area contributed by atoms with Crippen molar-refractivity contribution in [1.29, 1.82) is 0 Å². The van der Waals surface area contributed by atoms with Gasteiger partial charge in [0.05, 0.1) is 57.8 Å². The van der Waals surface area contributed by atoms with Crippen molar-refractivity contribution in [3.05, 3.63) is 29.5 Å². The minimum Gasteiger partial charge on any atom is -0.487 e. The maximum atomic E-state index is 14.9. The fraction of sp³-hybridized carbons (Fsp3) is 0.676. The number of hydrogen-bond acceptors (Lipinski definition) is 9. The molecule has 2 unspecified atom stereocenters. The van der Waals surface area contributed by atoms with Crippen molar-refractivity contribution in [3.8, 4) is 5.75 Å². The van der Waals surface area contributed by atoms with Gasteiger partial charge >= 0.3 is 0 Å². The van der Waals surface area contributed by atoms with Crippen molar-refractivity contribution >= 4 is 28.6 Å². The number of nitrogens with zero attached hydrogens (tertiary/aromatic N) is 3. The molecule has 2 fully saturated rings. The van der Waals surface area contributed by atoms with Crippen molar-refractivity contribution in [2.75, 3.05) is 86.1 Å². The zero-order valence-corrected chi connectivity index (χ0v) is 28.8. The average molecular weight is 696 g/mol. The second-order valence-electron chi connectivity index (χ2n) is 12.4. The molecule has 2 aliphatic rings. The van der Waals surface area contributed by atoms with E-state index in [1.807, 2.05) is 0 Å². The molecule has 1 aliphatic heterocycles. The van der Waals surface area contributed by atoms with Crippen LogP contribution in [0.2, 0.25) is 0 Å². The first-order valence-electron chi connectivity index (χ1n) is 17.2. The third-order valence-corrected chi connectivity index (χ3v) is 9.26. The predicted octanol–water partition coefficient (Wildman–Crippen LogP) is 1.83. The molecule has 3 N–H and O–H groups in total. The van der Waals surface area contributed by atoms with Crippen molar-refractivity contribution in [1.82, 2.24) is 25.0 Å². The number of carbonyl (C=O) groups excluding carboxylic acids is 3. The van der Waals surface area contributed by atoms with Gasteiger partial charge in [-0.2, -0.15) is 4.39 Å². The van der Waals surface area contributed by atoms with Crippen LogP contribution < -0.4 is 15.4 Å². The quantitative estimate of drug-likeness (QED) is 0.199. The first-order valence-corrected chi connectivity index (χ1v) is 17.2. The number of rotatable bonds is 18. The van der Waals surface area contributed by atoms with Gasteiger partial charge in [-0.15, -0.1) is 0 Å². The van der Waals surface area contributed by atoms with E-state index >= 15 is 0 Å². The van der Waals surface area contributed by atoms with Crippen LogP contribution in [0.5, 0.6) is 5.75 Å². The van der Waals surface area contributed by atoms with Crippen molar-refractivity contribution in [3.63, 3.8) is 0 Å². The molecular formula is C34H51F2N5O8. The molecule has 4 rings (SSSR count). The highest BCUT2D eigenvalue weighted by Crippen LogP contribution is 2.34. The Morgan fingerprint density at radius 2 is 1.49 bits per heavy atom. The molecule has 2 aromatic rings. The van der Waals surface area contributed by atoms with E-state index in [2.05, 4.69) is 10.6 Å². The number of likely N-dealkylation sites (N-methyl/N-ethyl adjacent to an activating group) is 1. The lowest BCUT2D eigenvalue weighted by molar-refractivity contribution is -0.140. The molecule has 1 aliphatic carbocycles. The van der Waals surface area contributed by atoms with Crippen molar-refractivity contribution in [2.24, 2.45) is 13.0 Å². The monoisotopic (exact) mass is 695 g/mol. The fourth-order valence-corrected chi connectivity index (χ4v) is 6.29. The van der Waals surface area contributed by atoms with Gasteiger partial charge in [0.15, 0.2) is 11.6 Å². The summed E-state index contributed by atoms with van der Waals surface area (Å²) >= 11 is 0. The number of carbonyl (C=O) groups is 3. The zero-order chi connectivity index (χ0) is 35.3. The third kappa shape index (κ3) is 10.1. The topological polar surface area (TPSA) is 144 Å². The highest BCUT2D eigenvalue weighted by atomic mass is 19.2. The molecule has 49 heavy (non-hydrogen) atoms. The number of benzene rings is 1. The third-order valence-electron chi connectivity index (χ3n) is 9.26. The summed E-state index contributed by atoms with van der Waals surface area (Å²) < 4.78 is 52.6. The van der Waals surface area contributed by atoms with Gasteiger partial charge in [0.2, 0.25) is 17.6 Å². The highest BCUT2D eigenvalue weighted by Gasteiger charge is 2.36. The summed E-state index contributed by atoms with van der Waals surface area (Å²) in [5, 5.41) is 14.9. The average Bonchev–Trinajstić information content (AvgIpc) is 3.45. The molecule has 1 aromatic carbocycles. The Hall–Kier alpha value is -3.37. The van der Waals surface area contributed by atoms with Crippen LogP contribution in [0.25, 0.3) is 10.9 Å². The largest absolute Gasteiger partial charge is 0.487 e. The van der Waals surface area contributed by atoms with Crippen LogP contribution in [0.1, 0.15) is 49.5 Å². The van der Waals surface area contributed by atoms with Gasteiger partial charge in [-0.25, -0.2) is 4.39 Å².